The van der Waals surface area contributed by atoms with E-state index in [4.69, 9.17) is 0 Å². The van der Waals surface area contributed by atoms with Crippen molar-refractivity contribution in [2.45, 2.75) is 20.3 Å². The lowest BCUT2D eigenvalue weighted by atomic mass is 10.1. The van der Waals surface area contributed by atoms with E-state index < -0.39 is 0 Å². The van der Waals surface area contributed by atoms with Gasteiger partial charge < -0.3 is 0 Å². The first-order chi connectivity index (χ1) is 4.68. The molecule has 0 spiro atoms. The van der Waals surface area contributed by atoms with E-state index in [-0.39, 0.29) is 0 Å². The molecule has 1 rings (SSSR count). The molecule has 1 aromatic heterocycles. The average Bonchev–Trinajstić information content (AvgIpc) is 2.13. The van der Waals surface area contributed by atoms with Crippen molar-refractivity contribution in [1.29, 1.82) is 0 Å². The molecule has 0 saturated carbocycles. The normalized spacial score (nSPS) is 10.8. The molecule has 10 heavy (non-hydrogen) atoms. The summed E-state index contributed by atoms with van der Waals surface area (Å²) >= 11 is 4.98. The summed E-state index contributed by atoms with van der Waals surface area (Å²) in [7, 11) is 0. The van der Waals surface area contributed by atoms with Crippen molar-refractivity contribution < 1.29 is 0 Å². The molecule has 1 heterocycles. The molecule has 0 radical (unpaired) electrons. The number of hydrogen-bond acceptors (Lipinski definition) is 2. The van der Waals surface area contributed by atoms with Crippen molar-refractivity contribution in [3.63, 3.8) is 0 Å². The fourth-order valence-corrected chi connectivity index (χ4v) is 1.85. The molecule has 3 heteroatoms. The molecule has 0 aromatic carbocycles. The second-order valence-electron chi connectivity index (χ2n) is 2.69. The summed E-state index contributed by atoms with van der Waals surface area (Å²) in [4.78, 5) is 4.29. The van der Waals surface area contributed by atoms with Crippen LogP contribution in [0.1, 0.15) is 19.5 Å². The molecule has 0 atom stereocenters. The van der Waals surface area contributed by atoms with Gasteiger partial charge in [0.05, 0.1) is 5.69 Å². The number of rotatable bonds is 2. The van der Waals surface area contributed by atoms with Crippen LogP contribution in [-0.2, 0) is 6.42 Å². The smallest absolute Gasteiger partial charge is 0.159 e. The summed E-state index contributed by atoms with van der Waals surface area (Å²) in [5.74, 6) is 0.703. The summed E-state index contributed by atoms with van der Waals surface area (Å²) in [6.45, 7) is 4.40. The van der Waals surface area contributed by atoms with Crippen LogP contribution >= 0.6 is 27.3 Å². The number of nitrogens with zero attached hydrogens (tertiary/aromatic N) is 1. The van der Waals surface area contributed by atoms with Gasteiger partial charge in [-0.3, -0.25) is 0 Å². The van der Waals surface area contributed by atoms with Crippen molar-refractivity contribution in [2.75, 3.05) is 0 Å². The van der Waals surface area contributed by atoms with E-state index in [1.54, 1.807) is 11.3 Å². The van der Waals surface area contributed by atoms with Gasteiger partial charge in [-0.05, 0) is 28.3 Å². The van der Waals surface area contributed by atoms with Gasteiger partial charge in [-0.25, -0.2) is 4.98 Å². The van der Waals surface area contributed by atoms with Gasteiger partial charge in [-0.1, -0.05) is 13.8 Å². The third kappa shape index (κ3) is 2.39. The Bertz CT molecular complexity index is 207. The summed E-state index contributed by atoms with van der Waals surface area (Å²) in [6.07, 6.45) is 1.09. The van der Waals surface area contributed by atoms with Crippen LogP contribution in [0.2, 0.25) is 0 Å². The highest BCUT2D eigenvalue weighted by Crippen LogP contribution is 2.17. The molecule has 0 saturated heterocycles. The lowest BCUT2D eigenvalue weighted by Crippen LogP contribution is -1.93. The van der Waals surface area contributed by atoms with Gasteiger partial charge in [0.15, 0.2) is 3.92 Å². The Balaban J connectivity index is 2.58. The molecule has 0 unspecified atom stereocenters. The summed E-state index contributed by atoms with van der Waals surface area (Å²) in [5, 5.41) is 2.10. The number of halogens is 1. The fourth-order valence-electron chi connectivity index (χ4n) is 0.794. The Morgan fingerprint density at radius 3 is 2.80 bits per heavy atom. The standard InChI is InChI=1S/C7H10BrNS/c1-5(2)3-6-4-10-7(8)9-6/h4-5H,3H2,1-2H3. The van der Waals surface area contributed by atoms with Gasteiger partial charge in [0.2, 0.25) is 0 Å². The van der Waals surface area contributed by atoms with E-state index >= 15 is 0 Å². The van der Waals surface area contributed by atoms with Crippen LogP contribution in [0.3, 0.4) is 0 Å². The van der Waals surface area contributed by atoms with Crippen LogP contribution in [0.4, 0.5) is 0 Å². The molecule has 1 aromatic rings. The molecular formula is C7H10BrNS. The van der Waals surface area contributed by atoms with Crippen molar-refractivity contribution in [2.24, 2.45) is 5.92 Å². The SMILES string of the molecule is CC(C)Cc1csc(Br)n1. The van der Waals surface area contributed by atoms with Gasteiger partial charge in [0, 0.05) is 5.38 Å². The predicted molar refractivity (Wildman–Crippen MR) is 48.4 cm³/mol. The second-order valence-corrected chi connectivity index (χ2v) is 4.82. The maximum atomic E-state index is 4.29. The van der Waals surface area contributed by atoms with Gasteiger partial charge in [0.25, 0.3) is 0 Å². The first-order valence-electron chi connectivity index (χ1n) is 3.28. The lowest BCUT2D eigenvalue weighted by molar-refractivity contribution is 0.637. The van der Waals surface area contributed by atoms with Gasteiger partial charge in [0.1, 0.15) is 0 Å². The van der Waals surface area contributed by atoms with Gasteiger partial charge in [-0.2, -0.15) is 0 Å². The van der Waals surface area contributed by atoms with Crippen LogP contribution < -0.4 is 0 Å². The largest absolute Gasteiger partial charge is 0.234 e. The van der Waals surface area contributed by atoms with Crippen LogP contribution in [0.5, 0.6) is 0 Å². The van der Waals surface area contributed by atoms with E-state index in [0.29, 0.717) is 5.92 Å². The predicted octanol–water partition coefficient (Wildman–Crippen LogP) is 3.10. The summed E-state index contributed by atoms with van der Waals surface area (Å²) in [5.41, 5.74) is 1.20. The molecule has 0 aliphatic rings. The van der Waals surface area contributed by atoms with Crippen LogP contribution in [-0.4, -0.2) is 4.98 Å². The zero-order valence-corrected chi connectivity index (χ0v) is 8.50. The highest BCUT2D eigenvalue weighted by atomic mass is 79.9. The van der Waals surface area contributed by atoms with Crippen molar-refractivity contribution in [3.8, 4) is 0 Å². The fraction of sp³-hybridized carbons (Fsp3) is 0.571. The number of aromatic nitrogens is 1. The van der Waals surface area contributed by atoms with Crippen molar-refractivity contribution in [3.05, 3.63) is 15.0 Å². The summed E-state index contributed by atoms with van der Waals surface area (Å²) < 4.78 is 0.989. The molecule has 0 amide bonds. The molecule has 0 N–H and O–H groups in total. The minimum atomic E-state index is 0.703. The topological polar surface area (TPSA) is 12.9 Å². The number of thiazole rings is 1. The van der Waals surface area contributed by atoms with E-state index in [0.717, 1.165) is 10.3 Å². The lowest BCUT2D eigenvalue weighted by Gasteiger charge is -1.97. The van der Waals surface area contributed by atoms with E-state index in [9.17, 15) is 0 Å². The monoisotopic (exact) mass is 219 g/mol. The van der Waals surface area contributed by atoms with Crippen molar-refractivity contribution >= 4 is 27.3 Å². The molecule has 0 fully saturated rings. The Labute approximate surface area is 73.6 Å². The van der Waals surface area contributed by atoms with E-state index in [1.807, 2.05) is 0 Å². The summed E-state index contributed by atoms with van der Waals surface area (Å²) in [6, 6.07) is 0. The Morgan fingerprint density at radius 2 is 2.40 bits per heavy atom. The zero-order valence-electron chi connectivity index (χ0n) is 6.10. The highest BCUT2D eigenvalue weighted by molar-refractivity contribution is 9.11. The van der Waals surface area contributed by atoms with Crippen LogP contribution in [0.15, 0.2) is 9.30 Å². The van der Waals surface area contributed by atoms with Crippen LogP contribution in [0, 0.1) is 5.92 Å². The highest BCUT2D eigenvalue weighted by Gasteiger charge is 2.00. The Hall–Kier alpha value is 0.110. The zero-order chi connectivity index (χ0) is 7.56. The van der Waals surface area contributed by atoms with E-state index in [1.165, 1.54) is 5.69 Å². The maximum absolute atomic E-state index is 4.29. The maximum Gasteiger partial charge on any atom is 0.159 e. The number of hydrogen-bond donors (Lipinski definition) is 0. The average molecular weight is 220 g/mol. The van der Waals surface area contributed by atoms with Gasteiger partial charge >= 0.3 is 0 Å². The second kappa shape index (κ2) is 3.49. The molecule has 1 nitrogen and oxygen atoms in total. The first kappa shape index (κ1) is 8.21. The van der Waals surface area contributed by atoms with Gasteiger partial charge in [-0.15, -0.1) is 11.3 Å². The Morgan fingerprint density at radius 1 is 1.70 bits per heavy atom. The van der Waals surface area contributed by atoms with E-state index in [2.05, 4.69) is 40.1 Å². The molecule has 56 valence electrons. The minimum Gasteiger partial charge on any atom is -0.234 e. The molecule has 0 aliphatic heterocycles. The quantitative estimate of drug-likeness (QED) is 0.746. The third-order valence-corrected chi connectivity index (χ3v) is 2.55. The van der Waals surface area contributed by atoms with Crippen LogP contribution in [0.25, 0.3) is 0 Å². The Kier molecular flexibility index (Phi) is 2.86. The molecule has 0 aliphatic carbocycles. The third-order valence-electron chi connectivity index (χ3n) is 1.14. The first-order valence-corrected chi connectivity index (χ1v) is 4.95. The minimum absolute atomic E-state index is 0.703. The van der Waals surface area contributed by atoms with Crippen molar-refractivity contribution in [1.82, 2.24) is 4.98 Å². The molecular weight excluding hydrogens is 210 g/mol. The molecule has 0 bridgehead atoms.